The minimum absolute atomic E-state index is 0.0125. The predicted molar refractivity (Wildman–Crippen MR) is 132 cm³/mol. The molecule has 0 radical (unpaired) electrons. The third-order valence-corrected chi connectivity index (χ3v) is 6.71. The summed E-state index contributed by atoms with van der Waals surface area (Å²) in [5, 5.41) is 88.2. The highest BCUT2D eigenvalue weighted by Crippen LogP contribution is 2.29. The van der Waals surface area contributed by atoms with Crippen LogP contribution in [0.3, 0.4) is 0 Å². The molecule has 2 aromatic rings. The average molecular weight is 583 g/mol. The van der Waals surface area contributed by atoms with Crippen LogP contribution in [-0.2, 0) is 31.9 Å². The monoisotopic (exact) mass is 582 g/mol. The lowest BCUT2D eigenvalue weighted by atomic mass is 9.99. The number of rotatable bonds is 9. The van der Waals surface area contributed by atoms with E-state index in [2.05, 4.69) is 0 Å². The molecule has 41 heavy (non-hydrogen) atoms. The molecule has 9 N–H and O–H groups in total. The summed E-state index contributed by atoms with van der Waals surface area (Å²) in [6.07, 6.45) is -16.8. The molecule has 0 aromatic heterocycles. The number of ether oxygens (including phenoxy) is 4. The molecule has 0 bridgehead atoms. The largest absolute Gasteiger partial charge is 0.508 e. The first-order valence-electron chi connectivity index (χ1n) is 12.5. The highest BCUT2D eigenvalue weighted by Gasteiger charge is 2.49. The molecule has 15 nitrogen and oxygen atoms in total. The van der Waals surface area contributed by atoms with Gasteiger partial charge in [-0.3, -0.25) is 0 Å². The third-order valence-electron chi connectivity index (χ3n) is 6.71. The number of aliphatic hydroxyl groups excluding tert-OH is 6. The highest BCUT2D eigenvalue weighted by molar-refractivity contribution is 5.73. The van der Waals surface area contributed by atoms with Gasteiger partial charge < -0.3 is 64.9 Å². The van der Waals surface area contributed by atoms with Gasteiger partial charge in [-0.05, 0) is 48.2 Å². The van der Waals surface area contributed by atoms with Gasteiger partial charge in [0.05, 0.1) is 0 Å². The zero-order chi connectivity index (χ0) is 30.0. The summed E-state index contributed by atoms with van der Waals surface area (Å²) >= 11 is 0. The number of hydrogen-bond donors (Lipinski definition) is 9. The number of carboxylic acids is 2. The fourth-order valence-electron chi connectivity index (χ4n) is 4.45. The second kappa shape index (κ2) is 12.5. The molecule has 15 heteroatoms. The van der Waals surface area contributed by atoms with Crippen LogP contribution < -0.4 is 9.47 Å². The highest BCUT2D eigenvalue weighted by atomic mass is 16.7. The fourth-order valence-corrected chi connectivity index (χ4v) is 4.45. The van der Waals surface area contributed by atoms with Crippen LogP contribution in [0.1, 0.15) is 11.1 Å². The smallest absolute Gasteiger partial charge is 0.335 e. The second-order valence-corrected chi connectivity index (χ2v) is 9.68. The Morgan fingerprint density at radius 3 is 1.56 bits per heavy atom. The molecule has 2 aliphatic heterocycles. The van der Waals surface area contributed by atoms with E-state index in [0.29, 0.717) is 18.4 Å². The number of carbonyl (C=O) groups is 2. The number of benzene rings is 2. The van der Waals surface area contributed by atoms with Crippen LogP contribution in [0.2, 0.25) is 0 Å². The topological polar surface area (TPSA) is 253 Å². The Morgan fingerprint density at radius 2 is 1.07 bits per heavy atom. The lowest BCUT2D eigenvalue weighted by Gasteiger charge is -2.38. The van der Waals surface area contributed by atoms with E-state index in [0.717, 1.165) is 5.56 Å². The van der Waals surface area contributed by atoms with Crippen molar-refractivity contribution in [1.29, 1.82) is 0 Å². The summed E-state index contributed by atoms with van der Waals surface area (Å²) in [4.78, 5) is 22.6. The Bertz CT molecular complexity index is 1220. The molecule has 0 unspecified atom stereocenters. The van der Waals surface area contributed by atoms with Crippen molar-refractivity contribution in [3.05, 3.63) is 53.6 Å². The predicted octanol–water partition coefficient (Wildman–Crippen LogP) is -2.28. The first-order valence-corrected chi connectivity index (χ1v) is 12.5. The molecule has 2 heterocycles. The van der Waals surface area contributed by atoms with E-state index in [-0.39, 0.29) is 17.2 Å². The Balaban J connectivity index is 1.37. The zero-order valence-corrected chi connectivity index (χ0v) is 21.2. The van der Waals surface area contributed by atoms with Crippen molar-refractivity contribution >= 4 is 11.9 Å². The Labute approximate surface area is 232 Å². The molecule has 2 saturated heterocycles. The van der Waals surface area contributed by atoms with Crippen molar-refractivity contribution < 1.29 is 74.5 Å². The van der Waals surface area contributed by atoms with Gasteiger partial charge in [0.1, 0.15) is 53.9 Å². The number of aliphatic carboxylic acids is 2. The van der Waals surface area contributed by atoms with Crippen LogP contribution in [0.25, 0.3) is 0 Å². The normalized spacial score (nSPS) is 33.6. The van der Waals surface area contributed by atoms with Crippen molar-refractivity contribution in [2.24, 2.45) is 0 Å². The summed E-state index contributed by atoms with van der Waals surface area (Å²) in [5.74, 6) is -3.08. The lowest BCUT2D eigenvalue weighted by molar-refractivity contribution is -0.271. The van der Waals surface area contributed by atoms with Crippen LogP contribution >= 0.6 is 0 Å². The van der Waals surface area contributed by atoms with E-state index in [1.807, 2.05) is 0 Å². The Kier molecular flexibility index (Phi) is 9.31. The summed E-state index contributed by atoms with van der Waals surface area (Å²) in [6.45, 7) is 0. The molecule has 2 aromatic carbocycles. The molecule has 2 aliphatic rings. The van der Waals surface area contributed by atoms with Gasteiger partial charge in [-0.25, -0.2) is 9.59 Å². The molecule has 10 atom stereocenters. The average Bonchev–Trinajstić information content (AvgIpc) is 2.92. The number of phenols is 1. The van der Waals surface area contributed by atoms with Crippen molar-refractivity contribution in [1.82, 2.24) is 0 Å². The van der Waals surface area contributed by atoms with E-state index in [1.54, 1.807) is 12.1 Å². The summed E-state index contributed by atoms with van der Waals surface area (Å²) in [6, 6.07) is 10.6. The fraction of sp³-hybridized carbons (Fsp3) is 0.462. The SMILES string of the molecule is O=C(O)[C@H]1O[C@@H](Oc2ccc(CCc3cc(O)cc(O[C@@H]4O[C@H](C(=O)O)[C@@H](O)[C@H](O)[C@H]4O)c3)cc2)[C@H](O)[C@@H](O)[C@@H]1O. The number of carboxylic acid groups (broad SMARTS) is 2. The lowest BCUT2D eigenvalue weighted by Crippen LogP contribution is -2.61. The van der Waals surface area contributed by atoms with Gasteiger partial charge in [0, 0.05) is 6.07 Å². The van der Waals surface area contributed by atoms with Gasteiger partial charge >= 0.3 is 11.9 Å². The molecule has 2 fully saturated rings. The minimum Gasteiger partial charge on any atom is -0.508 e. The van der Waals surface area contributed by atoms with E-state index in [1.165, 1.54) is 30.3 Å². The van der Waals surface area contributed by atoms with Crippen LogP contribution in [0.4, 0.5) is 0 Å². The van der Waals surface area contributed by atoms with Crippen molar-refractivity contribution in [3.8, 4) is 17.2 Å². The molecular weight excluding hydrogens is 552 g/mol. The first kappa shape index (κ1) is 30.4. The maximum atomic E-state index is 11.3. The first-order chi connectivity index (χ1) is 19.3. The van der Waals surface area contributed by atoms with Crippen molar-refractivity contribution in [2.75, 3.05) is 0 Å². The molecule has 0 aliphatic carbocycles. The maximum Gasteiger partial charge on any atom is 0.335 e. The second-order valence-electron chi connectivity index (χ2n) is 9.68. The third kappa shape index (κ3) is 6.86. The summed E-state index contributed by atoms with van der Waals surface area (Å²) in [7, 11) is 0. The van der Waals surface area contributed by atoms with Gasteiger partial charge in [0.25, 0.3) is 0 Å². The van der Waals surface area contributed by atoms with Crippen LogP contribution in [-0.4, -0.2) is 119 Å². The van der Waals surface area contributed by atoms with Gasteiger partial charge in [0.2, 0.25) is 12.6 Å². The maximum absolute atomic E-state index is 11.3. The molecule has 4 rings (SSSR count). The number of aliphatic hydroxyl groups is 6. The van der Waals surface area contributed by atoms with Crippen molar-refractivity contribution in [3.63, 3.8) is 0 Å². The van der Waals surface area contributed by atoms with E-state index >= 15 is 0 Å². The van der Waals surface area contributed by atoms with Gasteiger partial charge in [-0.2, -0.15) is 0 Å². The van der Waals surface area contributed by atoms with Crippen LogP contribution in [0, 0.1) is 0 Å². The zero-order valence-electron chi connectivity index (χ0n) is 21.2. The number of hydrogen-bond acceptors (Lipinski definition) is 13. The van der Waals surface area contributed by atoms with Gasteiger partial charge in [0.15, 0.2) is 12.2 Å². The molecule has 0 saturated carbocycles. The number of aryl methyl sites for hydroxylation is 2. The minimum atomic E-state index is -1.87. The van der Waals surface area contributed by atoms with E-state index in [4.69, 9.17) is 24.1 Å². The quantitative estimate of drug-likeness (QED) is 0.151. The van der Waals surface area contributed by atoms with E-state index < -0.39 is 73.4 Å². The van der Waals surface area contributed by atoms with E-state index in [9.17, 15) is 50.4 Å². The summed E-state index contributed by atoms with van der Waals surface area (Å²) < 4.78 is 21.2. The molecule has 224 valence electrons. The Hall–Kier alpha value is -3.54. The Morgan fingerprint density at radius 1 is 0.610 bits per heavy atom. The molecule has 0 spiro atoms. The molecular formula is C26H30O15. The summed E-state index contributed by atoms with van der Waals surface area (Å²) in [5.41, 5.74) is 1.39. The number of phenolic OH excluding ortho intramolecular Hbond substituents is 1. The van der Waals surface area contributed by atoms with Crippen LogP contribution in [0.15, 0.2) is 42.5 Å². The number of aromatic hydroxyl groups is 1. The van der Waals surface area contributed by atoms with Crippen molar-refractivity contribution in [2.45, 2.75) is 74.3 Å². The molecule has 0 amide bonds. The van der Waals surface area contributed by atoms with Crippen LogP contribution in [0.5, 0.6) is 17.2 Å². The van der Waals surface area contributed by atoms with Gasteiger partial charge in [-0.1, -0.05) is 12.1 Å². The standard InChI is InChI=1S/C26H30O15/c27-12-7-11(8-14(9-12)39-26-20(33)16(29)18(31)22(41-26)24(36)37)2-1-10-3-5-13(6-4-10)38-25-19(32)15(28)17(30)21(40-25)23(34)35/h3-9,15-22,25-33H,1-2H2,(H,34,35)(H,36,37)/t15-,16-,17-,18-,19+,20+,21-,22-,25+,26+/m0/s1. The van der Waals surface area contributed by atoms with Gasteiger partial charge in [-0.15, -0.1) is 0 Å².